The van der Waals surface area contributed by atoms with Gasteiger partial charge in [0.1, 0.15) is 0 Å². The van der Waals surface area contributed by atoms with Crippen molar-refractivity contribution < 1.29 is 9.90 Å². The fourth-order valence-electron chi connectivity index (χ4n) is 4.51. The van der Waals surface area contributed by atoms with Crippen molar-refractivity contribution in [3.63, 3.8) is 0 Å². The largest absolute Gasteiger partial charge is 0.394 e. The van der Waals surface area contributed by atoms with Crippen LogP contribution in [0.2, 0.25) is 5.02 Å². The summed E-state index contributed by atoms with van der Waals surface area (Å²) < 4.78 is 0. The number of aliphatic hydroxyl groups is 1. The average Bonchev–Trinajstić information content (AvgIpc) is 3.16. The molecule has 31 heavy (non-hydrogen) atoms. The number of aromatic nitrogens is 1. The third-order valence-corrected chi connectivity index (χ3v) is 6.28. The van der Waals surface area contributed by atoms with Gasteiger partial charge >= 0.3 is 0 Å². The maximum absolute atomic E-state index is 13.0. The number of aliphatic imine (C=N–C) groups is 1. The molecular formula is C25H22ClN3O2. The van der Waals surface area contributed by atoms with Gasteiger partial charge in [-0.3, -0.25) is 14.8 Å². The van der Waals surface area contributed by atoms with Gasteiger partial charge in [-0.15, -0.1) is 0 Å². The van der Waals surface area contributed by atoms with Crippen LogP contribution in [0.5, 0.6) is 0 Å². The Morgan fingerprint density at radius 2 is 2.00 bits per heavy atom. The lowest BCUT2D eigenvalue weighted by atomic mass is 9.90. The van der Waals surface area contributed by atoms with Crippen molar-refractivity contribution in [2.24, 2.45) is 4.99 Å². The number of amides is 1. The van der Waals surface area contributed by atoms with Crippen molar-refractivity contribution in [1.82, 2.24) is 9.88 Å². The number of aliphatic hydroxyl groups excluding tert-OH is 1. The van der Waals surface area contributed by atoms with E-state index in [0.29, 0.717) is 24.5 Å². The first-order valence-electron chi connectivity index (χ1n) is 10.3. The molecule has 156 valence electrons. The Morgan fingerprint density at radius 1 is 1.13 bits per heavy atom. The quantitative estimate of drug-likeness (QED) is 0.678. The number of hydrogen-bond acceptors (Lipinski definition) is 4. The molecule has 0 spiro atoms. The smallest absolute Gasteiger partial charge is 0.227 e. The van der Waals surface area contributed by atoms with Crippen molar-refractivity contribution in [3.8, 4) is 0 Å². The van der Waals surface area contributed by atoms with Gasteiger partial charge in [0.05, 0.1) is 31.3 Å². The van der Waals surface area contributed by atoms with Gasteiger partial charge in [-0.25, -0.2) is 0 Å². The highest BCUT2D eigenvalue weighted by Gasteiger charge is 2.31. The summed E-state index contributed by atoms with van der Waals surface area (Å²) in [6.07, 6.45) is 2.13. The van der Waals surface area contributed by atoms with E-state index >= 15 is 0 Å². The maximum Gasteiger partial charge on any atom is 0.227 e. The topological polar surface area (TPSA) is 65.8 Å². The Kier molecular flexibility index (Phi) is 5.08. The number of halogens is 1. The molecule has 2 aliphatic heterocycles. The Hall–Kier alpha value is -3.02. The van der Waals surface area contributed by atoms with Gasteiger partial charge in [0.2, 0.25) is 5.91 Å². The predicted octanol–water partition coefficient (Wildman–Crippen LogP) is 4.01. The van der Waals surface area contributed by atoms with E-state index in [1.807, 2.05) is 37.3 Å². The van der Waals surface area contributed by atoms with Crippen LogP contribution in [0.1, 0.15) is 45.1 Å². The third-order valence-electron chi connectivity index (χ3n) is 6.04. The van der Waals surface area contributed by atoms with Crippen LogP contribution in [0, 0.1) is 6.92 Å². The highest BCUT2D eigenvalue weighted by molar-refractivity contribution is 6.30. The van der Waals surface area contributed by atoms with Crippen LogP contribution in [0.4, 0.5) is 0 Å². The summed E-state index contributed by atoms with van der Waals surface area (Å²) in [5.41, 5.74) is 8.23. The molecule has 2 aliphatic rings. The van der Waals surface area contributed by atoms with Crippen molar-refractivity contribution in [1.29, 1.82) is 0 Å². The molecule has 6 heteroatoms. The van der Waals surface area contributed by atoms with E-state index in [1.54, 1.807) is 17.2 Å². The number of fused-ring (bicyclic) bond motifs is 2. The van der Waals surface area contributed by atoms with Gasteiger partial charge in [-0.05, 0) is 59.5 Å². The molecule has 0 fully saturated rings. The van der Waals surface area contributed by atoms with Crippen LogP contribution in [0.3, 0.4) is 0 Å². The number of aryl methyl sites for hydroxylation is 1. The van der Waals surface area contributed by atoms with E-state index in [2.05, 4.69) is 17.1 Å². The fourth-order valence-corrected chi connectivity index (χ4v) is 4.71. The standard InChI is InChI=1S/C25H22ClN3O2/c1-15-7-17(5-6-27-15)25-22-10-20-13-29(23(14-30)16-3-2-4-21(26)9-16)24(31)11-18(20)8-19(22)12-28-25/h2-10,23,30H,11-14H2,1H3/t23-/m1/s1. The first-order chi connectivity index (χ1) is 15.0. The van der Waals surface area contributed by atoms with Crippen LogP contribution < -0.4 is 0 Å². The number of benzene rings is 2. The number of carbonyl (C=O) groups is 1. The molecule has 0 bridgehead atoms. The summed E-state index contributed by atoms with van der Waals surface area (Å²) in [6.45, 7) is 2.89. The van der Waals surface area contributed by atoms with Crippen LogP contribution in [-0.4, -0.2) is 33.2 Å². The lowest BCUT2D eigenvalue weighted by Gasteiger charge is -2.35. The molecule has 1 aromatic heterocycles. The van der Waals surface area contributed by atoms with Gasteiger partial charge in [0.15, 0.2) is 0 Å². The second kappa shape index (κ2) is 7.91. The van der Waals surface area contributed by atoms with Crippen molar-refractivity contribution >= 4 is 23.2 Å². The molecule has 0 saturated carbocycles. The van der Waals surface area contributed by atoms with Crippen LogP contribution >= 0.6 is 11.6 Å². The first kappa shape index (κ1) is 19.9. The third kappa shape index (κ3) is 3.64. The normalized spacial score (nSPS) is 16.0. The van der Waals surface area contributed by atoms with E-state index in [4.69, 9.17) is 16.6 Å². The van der Waals surface area contributed by atoms with E-state index in [1.165, 1.54) is 0 Å². The van der Waals surface area contributed by atoms with E-state index in [0.717, 1.165) is 44.8 Å². The molecule has 2 aromatic carbocycles. The highest BCUT2D eigenvalue weighted by Crippen LogP contribution is 2.33. The molecule has 0 aliphatic carbocycles. The minimum Gasteiger partial charge on any atom is -0.394 e. The van der Waals surface area contributed by atoms with Gasteiger partial charge in [-0.1, -0.05) is 29.8 Å². The van der Waals surface area contributed by atoms with Crippen LogP contribution in [-0.2, 0) is 24.3 Å². The zero-order chi connectivity index (χ0) is 21.5. The van der Waals surface area contributed by atoms with Gasteiger partial charge < -0.3 is 10.0 Å². The number of hydrogen-bond donors (Lipinski definition) is 1. The summed E-state index contributed by atoms with van der Waals surface area (Å²) in [4.78, 5) is 23.8. The summed E-state index contributed by atoms with van der Waals surface area (Å²) in [5, 5.41) is 10.7. The van der Waals surface area contributed by atoms with Crippen molar-refractivity contribution in [2.75, 3.05) is 6.61 Å². The second-order valence-electron chi connectivity index (χ2n) is 8.08. The summed E-state index contributed by atoms with van der Waals surface area (Å²) in [7, 11) is 0. The molecule has 1 amide bonds. The number of carbonyl (C=O) groups excluding carboxylic acids is 1. The molecule has 5 nitrogen and oxygen atoms in total. The molecule has 0 radical (unpaired) electrons. The second-order valence-corrected chi connectivity index (χ2v) is 8.52. The molecule has 3 heterocycles. The lowest BCUT2D eigenvalue weighted by molar-refractivity contribution is -0.135. The van der Waals surface area contributed by atoms with Gasteiger partial charge in [-0.2, -0.15) is 0 Å². The predicted molar refractivity (Wildman–Crippen MR) is 120 cm³/mol. The zero-order valence-electron chi connectivity index (χ0n) is 17.2. The molecule has 1 atom stereocenters. The Bertz CT molecular complexity index is 1220. The van der Waals surface area contributed by atoms with Crippen LogP contribution in [0.15, 0.2) is 59.7 Å². The minimum atomic E-state index is -0.427. The van der Waals surface area contributed by atoms with Gasteiger partial charge in [0, 0.05) is 34.6 Å². The molecule has 5 rings (SSSR count). The Labute approximate surface area is 186 Å². The van der Waals surface area contributed by atoms with Crippen LogP contribution in [0.25, 0.3) is 0 Å². The summed E-state index contributed by atoms with van der Waals surface area (Å²) in [6, 6.07) is 15.2. The summed E-state index contributed by atoms with van der Waals surface area (Å²) in [5.74, 6) is 0.00960. The first-order valence-corrected chi connectivity index (χ1v) is 10.7. The monoisotopic (exact) mass is 431 g/mol. The van der Waals surface area contributed by atoms with Gasteiger partial charge in [0.25, 0.3) is 0 Å². The lowest BCUT2D eigenvalue weighted by Crippen LogP contribution is -2.40. The maximum atomic E-state index is 13.0. The average molecular weight is 432 g/mol. The van der Waals surface area contributed by atoms with Crippen molar-refractivity contribution in [2.45, 2.75) is 32.5 Å². The Morgan fingerprint density at radius 3 is 2.77 bits per heavy atom. The van der Waals surface area contributed by atoms with E-state index < -0.39 is 6.04 Å². The van der Waals surface area contributed by atoms with E-state index in [-0.39, 0.29) is 12.5 Å². The molecule has 1 N–H and O–H groups in total. The van der Waals surface area contributed by atoms with E-state index in [9.17, 15) is 9.90 Å². The zero-order valence-corrected chi connectivity index (χ0v) is 17.9. The fraction of sp³-hybridized carbons (Fsp3) is 0.240. The molecule has 0 saturated heterocycles. The summed E-state index contributed by atoms with van der Waals surface area (Å²) >= 11 is 6.15. The molecule has 0 unspecified atom stereocenters. The molecular weight excluding hydrogens is 410 g/mol. The SMILES string of the molecule is Cc1cc(C2=NCc3cc4c(cc32)CN([C@H](CO)c2cccc(Cl)c2)C(=O)C4)ccn1. The molecule has 3 aromatic rings. The Balaban J connectivity index is 1.50. The number of pyridine rings is 1. The van der Waals surface area contributed by atoms with Crippen molar-refractivity contribution in [3.05, 3.63) is 98.8 Å². The number of rotatable bonds is 4. The minimum absolute atomic E-state index is 0.00960. The number of nitrogens with zero attached hydrogens (tertiary/aromatic N) is 3. The highest BCUT2D eigenvalue weighted by atomic mass is 35.5.